The van der Waals surface area contributed by atoms with Gasteiger partial charge in [0.2, 0.25) is 0 Å². The SMILES string of the molecule is C=CC1CC(/C=C/C2CC(/C=C/c3ccccc3)C(COCc3cn(Cc4ccc(C)cc4)nn3)C2)CC1COC(=O)Cc1ccc2c(-c3c(P(c4ccccc4)c4ccccc4)ccc4ccccc34)c(C)ccc2c1.C=CC1CC(/C=C/C2CC(/C=C/c3ccccc3)C(COCc3cn(Cc4ccc(C)cc4)nn3)C2)CC1c1ccc2c(-c3c(P(c4ccccc4)c4ccccc4)ccc4ccccc34)c(C)ccc2c1. The second kappa shape index (κ2) is 47.8. The number of benzene rings is 16. The van der Waals surface area contributed by atoms with Gasteiger partial charge in [-0.2, -0.15) is 0 Å². The molecule has 0 bridgehead atoms. The lowest BCUT2D eigenvalue weighted by Gasteiger charge is -2.25. The van der Waals surface area contributed by atoms with Crippen LogP contribution in [0.3, 0.4) is 0 Å². The lowest BCUT2D eigenvalue weighted by Crippen LogP contribution is -2.22. The summed E-state index contributed by atoms with van der Waals surface area (Å²) in [5.41, 5.74) is 19.2. The van der Waals surface area contributed by atoms with Gasteiger partial charge in [-0.3, -0.25) is 4.79 Å². The topological polar surface area (TPSA) is 106 Å². The highest BCUT2D eigenvalue weighted by molar-refractivity contribution is 7.80. The molecule has 0 spiro atoms. The van der Waals surface area contributed by atoms with Crippen molar-refractivity contribution in [2.75, 3.05) is 19.8 Å². The summed E-state index contributed by atoms with van der Waals surface area (Å²) in [6.07, 6.45) is 36.7. The molecule has 22 rings (SSSR count). The number of carbonyl (C=O) groups is 1. The van der Waals surface area contributed by atoms with E-state index in [1.54, 1.807) is 0 Å². The summed E-state index contributed by atoms with van der Waals surface area (Å²) in [5, 5.41) is 35.7. The lowest BCUT2D eigenvalue weighted by molar-refractivity contribution is -0.144. The zero-order valence-electron chi connectivity index (χ0n) is 85.9. The van der Waals surface area contributed by atoms with Crippen molar-refractivity contribution in [2.24, 2.45) is 65.1 Å². The first-order valence-corrected chi connectivity index (χ1v) is 56.1. The average molecular weight is 1990 g/mol. The third-order valence-corrected chi connectivity index (χ3v) is 36.5. The minimum absolute atomic E-state index is 0.188. The molecule has 16 aromatic carbocycles. The molecule has 2 heterocycles. The van der Waals surface area contributed by atoms with Gasteiger partial charge in [-0.05, 0) is 308 Å². The summed E-state index contributed by atoms with van der Waals surface area (Å²) in [6.45, 7) is 21.5. The molecule has 0 aliphatic heterocycles. The van der Waals surface area contributed by atoms with Gasteiger partial charge in [0.15, 0.2) is 0 Å². The van der Waals surface area contributed by atoms with Gasteiger partial charge in [-0.1, -0.05) is 446 Å². The molecule has 18 aromatic rings. The van der Waals surface area contributed by atoms with Gasteiger partial charge in [0.25, 0.3) is 0 Å². The van der Waals surface area contributed by atoms with Crippen molar-refractivity contribution in [3.63, 3.8) is 0 Å². The van der Waals surface area contributed by atoms with Crippen LogP contribution in [0.25, 0.3) is 77.5 Å². The van der Waals surface area contributed by atoms with E-state index < -0.39 is 15.8 Å². The number of nitrogens with zero attached hydrogens (tertiary/aromatic N) is 6. The van der Waals surface area contributed by atoms with E-state index in [-0.39, 0.29) is 18.3 Å². The molecule has 744 valence electrons. The molecule has 149 heavy (non-hydrogen) atoms. The van der Waals surface area contributed by atoms with E-state index in [2.05, 4.69) is 486 Å². The van der Waals surface area contributed by atoms with Crippen molar-refractivity contribution in [1.82, 2.24) is 30.0 Å². The highest BCUT2D eigenvalue weighted by Crippen LogP contribution is 2.51. The average Bonchev–Trinajstić information content (AvgIpc) is 1.18. The van der Waals surface area contributed by atoms with Gasteiger partial charge in [0.05, 0.1) is 64.9 Å². The zero-order chi connectivity index (χ0) is 101. The van der Waals surface area contributed by atoms with E-state index in [1.807, 2.05) is 21.8 Å². The molecule has 12 atom stereocenters. The molecule has 12 heteroatoms. The fourth-order valence-electron chi connectivity index (χ4n) is 23.9. The largest absolute Gasteiger partial charge is 0.465 e. The van der Waals surface area contributed by atoms with Gasteiger partial charge in [-0.15, -0.1) is 23.4 Å². The third-order valence-electron chi connectivity index (χ3n) is 31.5. The van der Waals surface area contributed by atoms with Gasteiger partial charge in [-0.25, -0.2) is 9.36 Å². The van der Waals surface area contributed by atoms with Crippen LogP contribution in [0.2, 0.25) is 0 Å². The fourth-order valence-corrected chi connectivity index (χ4v) is 28.8. The molecular weight excluding hydrogens is 1860 g/mol. The van der Waals surface area contributed by atoms with Crippen molar-refractivity contribution in [1.29, 1.82) is 0 Å². The first kappa shape index (κ1) is 100. The molecule has 12 unspecified atom stereocenters. The third kappa shape index (κ3) is 24.3. The highest BCUT2D eigenvalue weighted by Gasteiger charge is 2.39. The molecular formula is C137H132N6O4P2. The van der Waals surface area contributed by atoms with E-state index in [4.69, 9.17) is 14.2 Å². The number of aryl methyl sites for hydroxylation is 4. The molecule has 0 N–H and O–H groups in total. The Bertz CT molecular complexity index is 7700. The van der Waals surface area contributed by atoms with Crippen molar-refractivity contribution in [3.05, 3.63) is 505 Å². The number of fused-ring (bicyclic) bond motifs is 4. The normalized spacial score (nSPS) is 19.8. The number of esters is 1. The van der Waals surface area contributed by atoms with Crippen molar-refractivity contribution >= 4 is 109 Å². The Morgan fingerprint density at radius 3 is 1.15 bits per heavy atom. The molecule has 4 aliphatic carbocycles. The Hall–Kier alpha value is -14.5. The van der Waals surface area contributed by atoms with Crippen LogP contribution in [0.15, 0.2) is 438 Å². The summed E-state index contributed by atoms with van der Waals surface area (Å²) in [4.78, 5) is 13.7. The van der Waals surface area contributed by atoms with Crippen molar-refractivity contribution < 1.29 is 19.0 Å². The van der Waals surface area contributed by atoms with E-state index >= 15 is 0 Å². The van der Waals surface area contributed by atoms with Crippen LogP contribution >= 0.6 is 15.8 Å². The summed E-state index contributed by atoms with van der Waals surface area (Å²) < 4.78 is 22.8. The minimum atomic E-state index is -0.877. The van der Waals surface area contributed by atoms with E-state index in [1.165, 1.54) is 142 Å². The molecule has 4 saturated carbocycles. The predicted octanol–water partition coefficient (Wildman–Crippen LogP) is 29.8. The number of ether oxygens (including phenoxy) is 3. The number of hydrogen-bond acceptors (Lipinski definition) is 8. The standard InChI is InChI=1S/C70H68N3O3P.C67H64N3OP/c1-4-56-38-53(29-30-54-39-58(34-31-51-16-8-5-9-17-51)60(41-54)46-75-48-62-45-73(72-71-62)44-52-27-24-49(2)25-28-52)42-61(56)47-76-68(74)43-55-32-36-66-59(40-55)33-26-50(3)69(66)70-65-23-15-14-18-57(65)35-37-67(70)77(63-19-10-6-11-20-63)64-21-12-7-13-22-64;1-4-53-38-52(30-29-51-39-55(33-31-49-16-8-5-9-17-49)58(40-51)45-71-46-59-44-70(69-68-59)43-50-27-24-47(2)25-28-50)41-64(53)57-34-36-63-56(42-57)32-26-48(3)66(63)67-62-23-15-14-18-54(62)35-37-65(67)72(60-19-10-6-11-20-60)61-21-12-7-13-22-61/h4-37,40,45,53-54,56,58,60-61H,1,38-39,41-44,46-48H2,2-3H3;4-37,42,44,51-53,55,58,64H,1,38-41,43,45-46H2,2-3H3/b30-29+,34-31+;30-29+,33-31+. The smallest absolute Gasteiger partial charge is 0.310 e. The van der Waals surface area contributed by atoms with Gasteiger partial charge >= 0.3 is 5.97 Å². The van der Waals surface area contributed by atoms with Crippen LogP contribution in [-0.2, 0) is 51.7 Å². The summed E-state index contributed by atoms with van der Waals surface area (Å²) in [5.74, 6) is 4.74. The van der Waals surface area contributed by atoms with E-state index in [0.717, 1.165) is 73.7 Å². The Kier molecular flexibility index (Phi) is 32.2. The number of hydrogen-bond donors (Lipinski definition) is 0. The summed E-state index contributed by atoms with van der Waals surface area (Å²) in [7, 11) is -1.71. The molecule has 0 amide bonds. The number of aromatic nitrogens is 6. The Labute approximate surface area is 881 Å². The number of rotatable bonds is 35. The molecule has 2 aromatic heterocycles. The van der Waals surface area contributed by atoms with E-state index in [9.17, 15) is 4.79 Å². The van der Waals surface area contributed by atoms with Crippen LogP contribution in [0, 0.1) is 92.8 Å². The monoisotopic (exact) mass is 1990 g/mol. The van der Waals surface area contributed by atoms with E-state index in [0.29, 0.717) is 111 Å². The highest BCUT2D eigenvalue weighted by atomic mass is 31.1. The van der Waals surface area contributed by atoms with Gasteiger partial charge in [0, 0.05) is 0 Å². The molecule has 10 nitrogen and oxygen atoms in total. The first-order valence-electron chi connectivity index (χ1n) is 53.4. The second-order valence-electron chi connectivity index (χ2n) is 41.9. The molecule has 4 aliphatic rings. The summed E-state index contributed by atoms with van der Waals surface area (Å²) in [6, 6.07) is 133. The number of allylic oxidation sites excluding steroid dienone is 8. The van der Waals surface area contributed by atoms with Crippen LogP contribution < -0.4 is 31.8 Å². The van der Waals surface area contributed by atoms with Crippen molar-refractivity contribution in [2.45, 2.75) is 118 Å². The van der Waals surface area contributed by atoms with Gasteiger partial charge in [0.1, 0.15) is 11.4 Å². The maximum atomic E-state index is 13.7. The van der Waals surface area contributed by atoms with Crippen LogP contribution in [-0.4, -0.2) is 55.8 Å². The maximum absolute atomic E-state index is 13.7. The molecule has 4 fully saturated rings. The molecule has 0 saturated heterocycles. The maximum Gasteiger partial charge on any atom is 0.310 e. The first-order chi connectivity index (χ1) is 73.2. The van der Waals surface area contributed by atoms with Gasteiger partial charge < -0.3 is 14.2 Å². The predicted molar refractivity (Wildman–Crippen MR) is 623 cm³/mol. The van der Waals surface area contributed by atoms with Crippen LogP contribution in [0.5, 0.6) is 0 Å². The molecule has 0 radical (unpaired) electrons. The van der Waals surface area contributed by atoms with Crippen LogP contribution in [0.1, 0.15) is 124 Å². The summed E-state index contributed by atoms with van der Waals surface area (Å²) >= 11 is 0. The lowest BCUT2D eigenvalue weighted by atomic mass is 9.85. The van der Waals surface area contributed by atoms with Crippen LogP contribution in [0.4, 0.5) is 0 Å². The second-order valence-corrected chi connectivity index (χ2v) is 46.2. The Morgan fingerprint density at radius 2 is 0.711 bits per heavy atom. The quantitative estimate of drug-likeness (QED) is 0.0220. The minimum Gasteiger partial charge on any atom is -0.465 e. The van der Waals surface area contributed by atoms with Crippen molar-refractivity contribution in [3.8, 4) is 22.3 Å². The number of carbonyl (C=O) groups excluding carboxylic acids is 1. The zero-order valence-corrected chi connectivity index (χ0v) is 87.7. The fraction of sp³-hybridized carbons (Fsp3) is 0.234. The Morgan fingerprint density at radius 1 is 0.342 bits per heavy atom. The Balaban J connectivity index is 0.000000175.